The van der Waals surface area contributed by atoms with Crippen molar-refractivity contribution < 1.29 is 0 Å². The first-order chi connectivity index (χ1) is 8.31. The maximum Gasteiger partial charge on any atom is 0.0777 e. The minimum atomic E-state index is -0.851. The number of rotatable bonds is 1. The van der Waals surface area contributed by atoms with Crippen LogP contribution in [-0.2, 0) is 0 Å². The Hall–Kier alpha value is -0.0900. The lowest BCUT2D eigenvalue weighted by molar-refractivity contribution is 0.585. The molecule has 1 saturated carbocycles. The highest BCUT2D eigenvalue weighted by atomic mass is 31.2. The van der Waals surface area contributed by atoms with E-state index in [1.54, 1.807) is 0 Å². The van der Waals surface area contributed by atoms with Gasteiger partial charge in [0.05, 0.1) is 31.2 Å². The van der Waals surface area contributed by atoms with Gasteiger partial charge in [-0.25, -0.2) is 0 Å². The van der Waals surface area contributed by atoms with Crippen LogP contribution < -0.4 is 0 Å². The van der Waals surface area contributed by atoms with Crippen LogP contribution in [0.5, 0.6) is 0 Å². The molecule has 0 nitrogen and oxygen atoms in total. The van der Waals surface area contributed by atoms with Gasteiger partial charge in [0.25, 0.3) is 0 Å². The van der Waals surface area contributed by atoms with Gasteiger partial charge < -0.3 is 0 Å². The zero-order valence-corrected chi connectivity index (χ0v) is 12.3. The van der Waals surface area contributed by atoms with Gasteiger partial charge in [-0.05, 0) is 37.8 Å². The largest absolute Gasteiger partial charge is 0.0777 e. The topological polar surface area (TPSA) is 0 Å². The Bertz CT molecular complexity index is 253. The second-order valence-electron chi connectivity index (χ2n) is 5.96. The highest BCUT2D eigenvalue weighted by Crippen LogP contribution is 2.67. The van der Waals surface area contributed by atoms with Crippen LogP contribution in [0.2, 0.25) is 0 Å². The van der Waals surface area contributed by atoms with Gasteiger partial charge in [-0.2, -0.15) is 0 Å². The molecule has 0 aromatic carbocycles. The molecule has 0 aromatic heterocycles. The number of hydrogen-bond acceptors (Lipinski definition) is 0. The lowest BCUT2D eigenvalue weighted by Crippen LogP contribution is -2.10. The molecule has 1 aliphatic carbocycles. The second-order valence-corrected chi connectivity index (χ2v) is 9.73. The quantitative estimate of drug-likeness (QED) is 0.504. The van der Waals surface area contributed by atoms with E-state index in [2.05, 4.69) is 30.5 Å². The molecule has 2 rings (SSSR count). The fraction of sp³-hybridized carbons (Fsp3) is 0.750. The van der Waals surface area contributed by atoms with Gasteiger partial charge in [0.1, 0.15) is 0 Å². The Morgan fingerprint density at radius 2 is 1.12 bits per heavy atom. The molecule has 0 amide bonds. The third kappa shape index (κ3) is 3.95. The molecule has 0 unspecified atom stereocenters. The second kappa shape index (κ2) is 6.74. The molecule has 0 N–H and O–H groups in total. The summed E-state index contributed by atoms with van der Waals surface area (Å²) in [7, 11) is -0.851. The van der Waals surface area contributed by atoms with Gasteiger partial charge in [-0.1, -0.05) is 38.5 Å². The molecule has 0 bridgehead atoms. The van der Waals surface area contributed by atoms with Crippen LogP contribution in [-0.4, -0.2) is 12.3 Å². The standard InChI is InChI=1S/C16H28P/c1-17(14-10-11-15-17)16-12-8-6-4-2-3-5-7-9-13-16/h10-11,14-16H,2-9,12-13H2,1H3/q+1. The smallest absolute Gasteiger partial charge is 0.0533 e. The molecule has 0 aromatic rings. The molecule has 0 saturated heterocycles. The summed E-state index contributed by atoms with van der Waals surface area (Å²) < 4.78 is 0. The summed E-state index contributed by atoms with van der Waals surface area (Å²) in [4.78, 5) is 0. The fourth-order valence-electron chi connectivity index (χ4n) is 3.28. The van der Waals surface area contributed by atoms with Crippen molar-refractivity contribution in [2.24, 2.45) is 0 Å². The monoisotopic (exact) mass is 251 g/mol. The summed E-state index contributed by atoms with van der Waals surface area (Å²) in [6.45, 7) is 2.54. The molecule has 96 valence electrons. The fourth-order valence-corrected chi connectivity index (χ4v) is 6.29. The van der Waals surface area contributed by atoms with Gasteiger partial charge in [0.15, 0.2) is 0 Å². The van der Waals surface area contributed by atoms with E-state index in [1.807, 2.05) is 0 Å². The Balaban J connectivity index is 1.92. The van der Waals surface area contributed by atoms with Crippen LogP contribution in [0.1, 0.15) is 64.2 Å². The van der Waals surface area contributed by atoms with Crippen LogP contribution in [0.3, 0.4) is 0 Å². The van der Waals surface area contributed by atoms with Crippen molar-refractivity contribution >= 4 is 7.26 Å². The highest BCUT2D eigenvalue weighted by Gasteiger charge is 2.37. The molecule has 1 fully saturated rings. The van der Waals surface area contributed by atoms with Gasteiger partial charge in [-0.15, -0.1) is 0 Å². The molecule has 2 aliphatic rings. The van der Waals surface area contributed by atoms with Crippen molar-refractivity contribution in [2.75, 3.05) is 6.66 Å². The van der Waals surface area contributed by atoms with E-state index in [0.29, 0.717) is 0 Å². The maximum absolute atomic E-state index is 2.54. The number of allylic oxidation sites excluding steroid dienone is 2. The van der Waals surface area contributed by atoms with Crippen molar-refractivity contribution in [1.29, 1.82) is 0 Å². The molecular formula is C16H28P+. The Kier molecular flexibility index (Phi) is 5.29. The van der Waals surface area contributed by atoms with E-state index < -0.39 is 7.26 Å². The van der Waals surface area contributed by atoms with E-state index in [1.165, 1.54) is 64.2 Å². The van der Waals surface area contributed by atoms with Crippen molar-refractivity contribution in [2.45, 2.75) is 69.9 Å². The van der Waals surface area contributed by atoms with E-state index >= 15 is 0 Å². The minimum Gasteiger partial charge on any atom is -0.0533 e. The summed E-state index contributed by atoms with van der Waals surface area (Å²) >= 11 is 0. The zero-order valence-electron chi connectivity index (χ0n) is 11.4. The van der Waals surface area contributed by atoms with Crippen molar-refractivity contribution in [3.8, 4) is 0 Å². The van der Waals surface area contributed by atoms with Crippen molar-refractivity contribution in [1.82, 2.24) is 0 Å². The highest BCUT2D eigenvalue weighted by molar-refractivity contribution is 7.81. The molecule has 0 radical (unpaired) electrons. The average Bonchev–Trinajstić information content (AvgIpc) is 2.73. The summed E-state index contributed by atoms with van der Waals surface area (Å²) in [5.41, 5.74) is 0.996. The van der Waals surface area contributed by atoms with Gasteiger partial charge >= 0.3 is 0 Å². The average molecular weight is 251 g/mol. The van der Waals surface area contributed by atoms with Gasteiger partial charge in [0.2, 0.25) is 0 Å². The predicted molar refractivity (Wildman–Crippen MR) is 81.1 cm³/mol. The van der Waals surface area contributed by atoms with Crippen LogP contribution in [0.4, 0.5) is 0 Å². The predicted octanol–water partition coefficient (Wildman–Crippen LogP) is 5.96. The Morgan fingerprint density at radius 3 is 1.59 bits per heavy atom. The molecule has 1 aliphatic heterocycles. The number of hydrogen-bond donors (Lipinski definition) is 0. The van der Waals surface area contributed by atoms with Crippen molar-refractivity contribution in [3.05, 3.63) is 23.8 Å². The Labute approximate surface area is 108 Å². The first kappa shape index (κ1) is 13.3. The lowest BCUT2D eigenvalue weighted by Gasteiger charge is -2.24. The van der Waals surface area contributed by atoms with E-state index in [4.69, 9.17) is 0 Å². The molecule has 0 atom stereocenters. The minimum absolute atomic E-state index is 0.851. The molecule has 1 heterocycles. The lowest BCUT2D eigenvalue weighted by atomic mass is 10.1. The van der Waals surface area contributed by atoms with E-state index in [0.717, 1.165) is 5.66 Å². The third-order valence-corrected chi connectivity index (χ3v) is 8.26. The first-order valence-corrected chi connectivity index (χ1v) is 9.98. The van der Waals surface area contributed by atoms with Crippen LogP contribution in [0.15, 0.2) is 23.8 Å². The molecule has 1 heteroatoms. The van der Waals surface area contributed by atoms with E-state index in [9.17, 15) is 0 Å². The van der Waals surface area contributed by atoms with Crippen LogP contribution in [0, 0.1) is 0 Å². The first-order valence-electron chi connectivity index (χ1n) is 7.54. The van der Waals surface area contributed by atoms with Gasteiger partial charge in [0, 0.05) is 0 Å². The third-order valence-electron chi connectivity index (χ3n) is 4.54. The van der Waals surface area contributed by atoms with E-state index in [-0.39, 0.29) is 0 Å². The summed E-state index contributed by atoms with van der Waals surface area (Å²) in [5.74, 6) is 5.08. The van der Waals surface area contributed by atoms with Gasteiger partial charge in [-0.3, -0.25) is 0 Å². The molecule has 17 heavy (non-hydrogen) atoms. The SMILES string of the molecule is C[P+]1(C2CCCCCCCCCC2)C=CC=C1. The summed E-state index contributed by atoms with van der Waals surface area (Å²) in [6.07, 6.45) is 19.4. The van der Waals surface area contributed by atoms with Crippen molar-refractivity contribution in [3.63, 3.8) is 0 Å². The summed E-state index contributed by atoms with van der Waals surface area (Å²) in [6, 6.07) is 0. The van der Waals surface area contributed by atoms with Crippen LogP contribution >= 0.6 is 7.26 Å². The summed E-state index contributed by atoms with van der Waals surface area (Å²) in [5, 5.41) is 0. The Morgan fingerprint density at radius 1 is 0.706 bits per heavy atom. The molecular weight excluding hydrogens is 223 g/mol. The molecule has 0 spiro atoms. The van der Waals surface area contributed by atoms with Crippen LogP contribution in [0.25, 0.3) is 0 Å². The zero-order chi connectivity index (χ0) is 12.0. The maximum atomic E-state index is 2.54. The normalized spacial score (nSPS) is 26.9.